The van der Waals surface area contributed by atoms with E-state index in [1.54, 1.807) is 4.52 Å². The van der Waals surface area contributed by atoms with Crippen LogP contribution in [0.2, 0.25) is 0 Å². The first-order valence-corrected chi connectivity index (χ1v) is 11.4. The Balaban J connectivity index is 1.33. The molecule has 1 amide bonds. The van der Waals surface area contributed by atoms with Gasteiger partial charge in [-0.2, -0.15) is 4.98 Å². The van der Waals surface area contributed by atoms with Crippen LogP contribution in [0.25, 0.3) is 5.78 Å². The zero-order chi connectivity index (χ0) is 21.4. The number of nitrogens with one attached hydrogen (secondary N) is 1. The summed E-state index contributed by atoms with van der Waals surface area (Å²) >= 11 is 1.50. The van der Waals surface area contributed by atoms with E-state index in [0.29, 0.717) is 22.3 Å². The molecule has 156 valence electrons. The molecule has 1 aliphatic rings. The van der Waals surface area contributed by atoms with Gasteiger partial charge in [-0.1, -0.05) is 36.0 Å². The lowest BCUT2D eigenvalue weighted by atomic mass is 10.1. The molecule has 0 spiro atoms. The summed E-state index contributed by atoms with van der Waals surface area (Å²) in [6.07, 6.45) is 3.42. The molecule has 0 fully saturated rings. The van der Waals surface area contributed by atoms with Crippen LogP contribution in [0.1, 0.15) is 44.9 Å². The Bertz CT molecular complexity index is 1300. The van der Waals surface area contributed by atoms with Crippen molar-refractivity contribution in [2.45, 2.75) is 44.0 Å². The van der Waals surface area contributed by atoms with E-state index >= 15 is 0 Å². The van der Waals surface area contributed by atoms with E-state index in [0.717, 1.165) is 35.5 Å². The minimum absolute atomic E-state index is 0.0924. The first kappa shape index (κ1) is 19.8. The van der Waals surface area contributed by atoms with Crippen LogP contribution < -0.4 is 5.32 Å². The van der Waals surface area contributed by atoms with Crippen LogP contribution in [0.15, 0.2) is 53.7 Å². The molecule has 0 atom stereocenters. The lowest BCUT2D eigenvalue weighted by molar-refractivity contribution is 0.102. The quantitative estimate of drug-likeness (QED) is 0.463. The molecule has 2 aromatic carbocycles. The number of anilines is 1. The first-order chi connectivity index (χ1) is 15.1. The van der Waals surface area contributed by atoms with E-state index < -0.39 is 0 Å². The lowest BCUT2D eigenvalue weighted by Crippen LogP contribution is -2.14. The van der Waals surface area contributed by atoms with Crippen LogP contribution >= 0.6 is 11.8 Å². The first-order valence-electron chi connectivity index (χ1n) is 10.4. The highest BCUT2D eigenvalue weighted by Crippen LogP contribution is 2.26. The van der Waals surface area contributed by atoms with E-state index in [4.69, 9.17) is 0 Å². The number of carbonyl (C=O) groups is 1. The maximum atomic E-state index is 13.0. The molecule has 2 heterocycles. The standard InChI is InChI=1S/C24H23N5OS/c1-15-12-16(2)29-23(25-15)27-24(28-29)31-14-19-6-3-4-9-21(19)22(30)26-20-11-10-17-7-5-8-18(17)13-20/h3-4,6,9-13H,5,7-8,14H2,1-2H3,(H,26,30). The molecule has 0 bridgehead atoms. The number of nitrogens with zero attached hydrogens (tertiary/aromatic N) is 4. The van der Waals surface area contributed by atoms with Crippen LogP contribution in [-0.2, 0) is 18.6 Å². The summed E-state index contributed by atoms with van der Waals surface area (Å²) in [6, 6.07) is 15.9. The van der Waals surface area contributed by atoms with Gasteiger partial charge in [-0.25, -0.2) is 9.50 Å². The maximum absolute atomic E-state index is 13.0. The van der Waals surface area contributed by atoms with Gasteiger partial charge in [-0.05, 0) is 74.1 Å². The molecule has 1 N–H and O–H groups in total. The summed E-state index contributed by atoms with van der Waals surface area (Å²) in [5.74, 6) is 1.11. The van der Waals surface area contributed by atoms with Crippen LogP contribution in [0.5, 0.6) is 0 Å². The summed E-state index contributed by atoms with van der Waals surface area (Å²) in [6.45, 7) is 3.94. The van der Waals surface area contributed by atoms with Gasteiger partial charge in [0.05, 0.1) is 0 Å². The van der Waals surface area contributed by atoms with E-state index in [9.17, 15) is 4.79 Å². The molecular weight excluding hydrogens is 406 g/mol. The molecule has 1 aliphatic carbocycles. The number of benzene rings is 2. The second kappa shape index (κ2) is 8.15. The number of hydrogen-bond donors (Lipinski definition) is 1. The molecule has 0 saturated heterocycles. The number of aromatic nitrogens is 4. The minimum Gasteiger partial charge on any atom is -0.322 e. The number of thioether (sulfide) groups is 1. The van der Waals surface area contributed by atoms with E-state index in [1.165, 1.54) is 29.3 Å². The van der Waals surface area contributed by atoms with Crippen molar-refractivity contribution < 1.29 is 4.79 Å². The third kappa shape index (κ3) is 4.05. The Labute approximate surface area is 185 Å². The van der Waals surface area contributed by atoms with Gasteiger partial charge in [-0.3, -0.25) is 4.79 Å². The van der Waals surface area contributed by atoms with Crippen molar-refractivity contribution in [2.75, 3.05) is 5.32 Å². The van der Waals surface area contributed by atoms with Crippen molar-refractivity contribution in [1.29, 1.82) is 0 Å². The molecule has 7 heteroatoms. The van der Waals surface area contributed by atoms with Gasteiger partial charge in [0, 0.05) is 28.4 Å². The van der Waals surface area contributed by atoms with Crippen molar-refractivity contribution in [3.63, 3.8) is 0 Å². The monoisotopic (exact) mass is 429 g/mol. The van der Waals surface area contributed by atoms with Crippen molar-refractivity contribution >= 4 is 29.1 Å². The Morgan fingerprint density at radius 2 is 1.90 bits per heavy atom. The predicted molar refractivity (Wildman–Crippen MR) is 123 cm³/mol. The molecule has 2 aromatic heterocycles. The summed E-state index contributed by atoms with van der Waals surface area (Å²) in [5.41, 5.74) is 7.13. The Morgan fingerprint density at radius 1 is 1.06 bits per heavy atom. The zero-order valence-corrected chi connectivity index (χ0v) is 18.4. The molecule has 0 radical (unpaired) electrons. The highest BCUT2D eigenvalue weighted by Gasteiger charge is 2.16. The van der Waals surface area contributed by atoms with Gasteiger partial charge >= 0.3 is 0 Å². The topological polar surface area (TPSA) is 72.2 Å². The fourth-order valence-electron chi connectivity index (χ4n) is 4.07. The average Bonchev–Trinajstić information content (AvgIpc) is 3.38. The van der Waals surface area contributed by atoms with Gasteiger partial charge < -0.3 is 5.32 Å². The smallest absolute Gasteiger partial charge is 0.255 e. The molecule has 0 aliphatic heterocycles. The lowest BCUT2D eigenvalue weighted by Gasteiger charge is -2.11. The van der Waals surface area contributed by atoms with Gasteiger partial charge in [0.2, 0.25) is 5.16 Å². The summed E-state index contributed by atoms with van der Waals surface area (Å²) in [5, 5.41) is 8.27. The van der Waals surface area contributed by atoms with Crippen LogP contribution in [-0.4, -0.2) is 25.5 Å². The third-order valence-corrected chi connectivity index (χ3v) is 6.46. The maximum Gasteiger partial charge on any atom is 0.255 e. The number of hydrogen-bond acceptors (Lipinski definition) is 5. The Kier molecular flexibility index (Phi) is 5.19. The van der Waals surface area contributed by atoms with Crippen molar-refractivity contribution in [2.24, 2.45) is 0 Å². The second-order valence-corrected chi connectivity index (χ2v) is 8.82. The van der Waals surface area contributed by atoms with Crippen LogP contribution in [0.3, 0.4) is 0 Å². The molecule has 4 aromatic rings. The number of carbonyl (C=O) groups excluding carboxylic acids is 1. The third-order valence-electron chi connectivity index (χ3n) is 5.57. The fraction of sp³-hybridized carbons (Fsp3) is 0.250. The molecule has 5 rings (SSSR count). The summed E-state index contributed by atoms with van der Waals surface area (Å²) < 4.78 is 1.75. The second-order valence-electron chi connectivity index (χ2n) is 7.88. The normalized spacial score (nSPS) is 12.8. The van der Waals surface area contributed by atoms with Crippen molar-refractivity contribution in [3.8, 4) is 0 Å². The van der Waals surface area contributed by atoms with Gasteiger partial charge in [0.25, 0.3) is 11.7 Å². The highest BCUT2D eigenvalue weighted by atomic mass is 32.2. The molecule has 31 heavy (non-hydrogen) atoms. The zero-order valence-electron chi connectivity index (χ0n) is 17.6. The number of rotatable bonds is 5. The Hall–Kier alpha value is -3.19. The molecular formula is C24H23N5OS. The van der Waals surface area contributed by atoms with Crippen LogP contribution in [0, 0.1) is 13.8 Å². The SMILES string of the molecule is Cc1cc(C)n2nc(SCc3ccccc3C(=O)Nc3ccc4c(c3)CCC4)nc2n1. The highest BCUT2D eigenvalue weighted by molar-refractivity contribution is 7.98. The number of amides is 1. The van der Waals surface area contributed by atoms with E-state index in [1.807, 2.05) is 50.2 Å². The predicted octanol–water partition coefficient (Wildman–Crippen LogP) is 4.77. The van der Waals surface area contributed by atoms with Gasteiger partial charge in [0.15, 0.2) is 0 Å². The average molecular weight is 430 g/mol. The van der Waals surface area contributed by atoms with Gasteiger partial charge in [-0.15, -0.1) is 5.10 Å². The van der Waals surface area contributed by atoms with Crippen LogP contribution in [0.4, 0.5) is 5.69 Å². The number of fused-ring (bicyclic) bond motifs is 2. The van der Waals surface area contributed by atoms with E-state index in [-0.39, 0.29) is 5.91 Å². The molecule has 6 nitrogen and oxygen atoms in total. The van der Waals surface area contributed by atoms with Crippen molar-refractivity contribution in [3.05, 3.63) is 82.2 Å². The minimum atomic E-state index is -0.0924. The summed E-state index contributed by atoms with van der Waals surface area (Å²) in [4.78, 5) is 22.0. The number of aryl methyl sites for hydroxylation is 4. The van der Waals surface area contributed by atoms with E-state index in [2.05, 4.69) is 32.5 Å². The fourth-order valence-corrected chi connectivity index (χ4v) is 4.89. The molecule has 0 unspecified atom stereocenters. The van der Waals surface area contributed by atoms with Crippen molar-refractivity contribution in [1.82, 2.24) is 19.6 Å². The largest absolute Gasteiger partial charge is 0.322 e. The summed E-state index contributed by atoms with van der Waals surface area (Å²) in [7, 11) is 0. The van der Waals surface area contributed by atoms with Gasteiger partial charge in [0.1, 0.15) is 0 Å². The molecule has 0 saturated carbocycles. The Morgan fingerprint density at radius 3 is 2.81 bits per heavy atom.